The van der Waals surface area contributed by atoms with Crippen molar-refractivity contribution >= 4 is 45.4 Å². The Labute approximate surface area is 142 Å². The number of halogens is 1. The number of nitrogens with zero attached hydrogens (tertiary/aromatic N) is 3. The van der Waals surface area contributed by atoms with Gasteiger partial charge in [-0.15, -0.1) is 16.4 Å². The molecule has 3 rings (SSSR count). The standard InChI is InChI=1S/C14H19BrN4S2/c1-18(8-10-7-12(15)21-9-10)13-16-17-14(20)19(13)11-5-3-2-4-6-11/h7,9,11H,2-6,8H2,1H3,(H,17,20). The monoisotopic (exact) mass is 386 g/mol. The molecule has 1 aliphatic rings. The molecule has 1 saturated carbocycles. The quantitative estimate of drug-likeness (QED) is 0.758. The number of anilines is 1. The van der Waals surface area contributed by atoms with Gasteiger partial charge in [-0.3, -0.25) is 4.57 Å². The van der Waals surface area contributed by atoms with Crippen molar-refractivity contribution in [2.75, 3.05) is 11.9 Å². The number of aromatic amines is 1. The second-order valence-corrected chi connectivity index (χ2v) is 8.28. The third kappa shape index (κ3) is 3.40. The van der Waals surface area contributed by atoms with Gasteiger partial charge in [0, 0.05) is 19.6 Å². The molecule has 2 aromatic rings. The fraction of sp³-hybridized carbons (Fsp3) is 0.571. The first-order valence-corrected chi connectivity index (χ1v) is 9.34. The molecule has 0 amide bonds. The second-order valence-electron chi connectivity index (χ2n) is 5.61. The van der Waals surface area contributed by atoms with E-state index in [-0.39, 0.29) is 0 Å². The van der Waals surface area contributed by atoms with Gasteiger partial charge in [-0.25, -0.2) is 5.10 Å². The molecule has 1 aliphatic carbocycles. The van der Waals surface area contributed by atoms with Crippen molar-refractivity contribution in [3.8, 4) is 0 Å². The lowest BCUT2D eigenvalue weighted by molar-refractivity contribution is 0.350. The van der Waals surface area contributed by atoms with E-state index in [1.807, 2.05) is 0 Å². The number of aromatic nitrogens is 3. The van der Waals surface area contributed by atoms with Crippen molar-refractivity contribution in [1.29, 1.82) is 0 Å². The molecular weight excluding hydrogens is 368 g/mol. The predicted molar refractivity (Wildman–Crippen MR) is 93.7 cm³/mol. The minimum absolute atomic E-state index is 0.497. The number of H-pyrrole nitrogens is 1. The minimum atomic E-state index is 0.497. The van der Waals surface area contributed by atoms with Crippen LogP contribution in [0, 0.1) is 4.77 Å². The summed E-state index contributed by atoms with van der Waals surface area (Å²) in [5, 5.41) is 9.60. The first-order chi connectivity index (χ1) is 10.1. The zero-order valence-electron chi connectivity index (χ0n) is 12.0. The Balaban J connectivity index is 1.82. The van der Waals surface area contributed by atoms with Crippen LogP contribution in [-0.4, -0.2) is 21.8 Å². The summed E-state index contributed by atoms with van der Waals surface area (Å²) in [6, 6.07) is 2.66. The predicted octanol–water partition coefficient (Wildman–Crippen LogP) is 4.91. The summed E-state index contributed by atoms with van der Waals surface area (Å²) in [4.78, 5) is 2.18. The molecule has 114 valence electrons. The Morgan fingerprint density at radius 1 is 1.48 bits per heavy atom. The van der Waals surface area contributed by atoms with Gasteiger partial charge in [-0.05, 0) is 58.0 Å². The van der Waals surface area contributed by atoms with Crippen LogP contribution in [0.2, 0.25) is 0 Å². The minimum Gasteiger partial charge on any atom is -0.340 e. The highest BCUT2D eigenvalue weighted by Gasteiger charge is 2.21. The largest absolute Gasteiger partial charge is 0.340 e. The molecule has 1 N–H and O–H groups in total. The van der Waals surface area contributed by atoms with Gasteiger partial charge in [-0.1, -0.05) is 19.3 Å². The second kappa shape index (κ2) is 6.62. The third-order valence-corrected chi connectivity index (χ3v) is 5.85. The van der Waals surface area contributed by atoms with Crippen LogP contribution in [0.3, 0.4) is 0 Å². The Morgan fingerprint density at radius 2 is 2.24 bits per heavy atom. The van der Waals surface area contributed by atoms with E-state index in [4.69, 9.17) is 12.2 Å². The summed E-state index contributed by atoms with van der Waals surface area (Å²) in [6.45, 7) is 0.842. The molecule has 1 fully saturated rings. The van der Waals surface area contributed by atoms with Gasteiger partial charge in [0.25, 0.3) is 0 Å². The molecule has 4 nitrogen and oxygen atoms in total. The lowest BCUT2D eigenvalue weighted by Crippen LogP contribution is -2.23. The lowest BCUT2D eigenvalue weighted by atomic mass is 9.95. The van der Waals surface area contributed by atoms with E-state index in [1.165, 1.54) is 37.7 Å². The zero-order chi connectivity index (χ0) is 14.8. The average molecular weight is 387 g/mol. The first kappa shape index (κ1) is 15.2. The maximum atomic E-state index is 5.45. The van der Waals surface area contributed by atoms with Gasteiger partial charge >= 0.3 is 0 Å². The smallest absolute Gasteiger partial charge is 0.226 e. The Hall–Kier alpha value is -0.660. The van der Waals surface area contributed by atoms with Crippen molar-refractivity contribution in [3.63, 3.8) is 0 Å². The topological polar surface area (TPSA) is 36.9 Å². The molecule has 2 aromatic heterocycles. The van der Waals surface area contributed by atoms with Gasteiger partial charge in [0.15, 0.2) is 4.77 Å². The van der Waals surface area contributed by atoms with Crippen LogP contribution in [0.5, 0.6) is 0 Å². The summed E-state index contributed by atoms with van der Waals surface area (Å²) < 4.78 is 4.13. The SMILES string of the molecule is CN(Cc1csc(Br)c1)c1n[nH]c(=S)n1C1CCCCC1. The summed E-state index contributed by atoms with van der Waals surface area (Å²) in [7, 11) is 2.08. The fourth-order valence-corrected chi connectivity index (χ4v) is 4.48. The van der Waals surface area contributed by atoms with Crippen molar-refractivity contribution in [3.05, 3.63) is 25.6 Å². The number of hydrogen-bond acceptors (Lipinski definition) is 4. The molecule has 21 heavy (non-hydrogen) atoms. The van der Waals surface area contributed by atoms with E-state index in [9.17, 15) is 0 Å². The number of hydrogen-bond donors (Lipinski definition) is 1. The normalized spacial score (nSPS) is 16.3. The van der Waals surface area contributed by atoms with E-state index < -0.39 is 0 Å². The van der Waals surface area contributed by atoms with Gasteiger partial charge in [0.1, 0.15) is 0 Å². The summed E-state index contributed by atoms with van der Waals surface area (Å²) in [5.41, 5.74) is 1.29. The highest BCUT2D eigenvalue weighted by Crippen LogP contribution is 2.31. The van der Waals surface area contributed by atoms with E-state index in [0.717, 1.165) is 21.1 Å². The Bertz CT molecular complexity index is 654. The van der Waals surface area contributed by atoms with E-state index in [1.54, 1.807) is 11.3 Å². The molecule has 0 unspecified atom stereocenters. The molecule has 0 spiro atoms. The molecule has 0 bridgehead atoms. The first-order valence-electron chi connectivity index (χ1n) is 7.26. The van der Waals surface area contributed by atoms with Crippen LogP contribution in [0.25, 0.3) is 0 Å². The van der Waals surface area contributed by atoms with Crippen LogP contribution in [0.4, 0.5) is 5.95 Å². The van der Waals surface area contributed by atoms with Crippen LogP contribution in [0.1, 0.15) is 43.7 Å². The van der Waals surface area contributed by atoms with Crippen molar-refractivity contribution in [2.45, 2.75) is 44.7 Å². The molecule has 0 aliphatic heterocycles. The van der Waals surface area contributed by atoms with Gasteiger partial charge in [-0.2, -0.15) is 0 Å². The Morgan fingerprint density at radius 3 is 2.90 bits per heavy atom. The maximum Gasteiger partial charge on any atom is 0.226 e. The van der Waals surface area contributed by atoms with E-state index in [2.05, 4.69) is 54.1 Å². The molecule has 0 atom stereocenters. The summed E-state index contributed by atoms with van der Waals surface area (Å²) in [6.07, 6.45) is 6.34. The van der Waals surface area contributed by atoms with Crippen molar-refractivity contribution < 1.29 is 0 Å². The highest BCUT2D eigenvalue weighted by molar-refractivity contribution is 9.11. The zero-order valence-corrected chi connectivity index (χ0v) is 15.2. The Kier molecular flexibility index (Phi) is 4.81. The highest BCUT2D eigenvalue weighted by atomic mass is 79.9. The molecule has 0 aromatic carbocycles. The van der Waals surface area contributed by atoms with Crippen molar-refractivity contribution in [2.24, 2.45) is 0 Å². The van der Waals surface area contributed by atoms with E-state index in [0.29, 0.717) is 6.04 Å². The van der Waals surface area contributed by atoms with E-state index >= 15 is 0 Å². The molecule has 2 heterocycles. The number of thiophene rings is 1. The number of nitrogens with one attached hydrogen (secondary N) is 1. The maximum absolute atomic E-state index is 5.45. The van der Waals surface area contributed by atoms with Crippen molar-refractivity contribution in [1.82, 2.24) is 14.8 Å². The third-order valence-electron chi connectivity index (χ3n) is 4.01. The van der Waals surface area contributed by atoms with Gasteiger partial charge in [0.2, 0.25) is 5.95 Å². The number of rotatable bonds is 4. The van der Waals surface area contributed by atoms with Gasteiger partial charge < -0.3 is 4.90 Å². The summed E-state index contributed by atoms with van der Waals surface area (Å²) in [5.74, 6) is 0.953. The average Bonchev–Trinajstić information content (AvgIpc) is 3.06. The molecule has 7 heteroatoms. The van der Waals surface area contributed by atoms with Gasteiger partial charge in [0.05, 0.1) is 3.79 Å². The fourth-order valence-electron chi connectivity index (χ4n) is 3.01. The molecule has 0 saturated heterocycles. The van der Waals surface area contributed by atoms with Crippen LogP contribution in [0.15, 0.2) is 15.2 Å². The molecular formula is C14H19BrN4S2. The molecule has 0 radical (unpaired) electrons. The lowest BCUT2D eigenvalue weighted by Gasteiger charge is -2.27. The van der Waals surface area contributed by atoms with Crippen LogP contribution in [-0.2, 0) is 6.54 Å². The summed E-state index contributed by atoms with van der Waals surface area (Å²) >= 11 is 10.7. The van der Waals surface area contributed by atoms with Crippen LogP contribution < -0.4 is 4.90 Å². The van der Waals surface area contributed by atoms with Crippen LogP contribution >= 0.6 is 39.5 Å².